The van der Waals surface area contributed by atoms with E-state index in [9.17, 15) is 9.18 Å². The number of ether oxygens (including phenoxy) is 1. The first-order chi connectivity index (χ1) is 8.28. The van der Waals surface area contributed by atoms with Gasteiger partial charge in [0.15, 0.2) is 0 Å². The molecule has 0 amide bonds. The van der Waals surface area contributed by atoms with Gasteiger partial charge in [-0.1, -0.05) is 0 Å². The number of halogens is 1. The van der Waals surface area contributed by atoms with Crippen LogP contribution in [0.15, 0.2) is 42.7 Å². The standard InChI is InChI=1S/C13H10FNO2/c14-12-5-11(8-16)6-13(7-12)17-9-10-1-3-15-4-2-10/h1-8H,9H2. The quantitative estimate of drug-likeness (QED) is 0.759. The van der Waals surface area contributed by atoms with Crippen LogP contribution in [0.3, 0.4) is 0 Å². The van der Waals surface area contributed by atoms with Crippen LogP contribution in [0.2, 0.25) is 0 Å². The fraction of sp³-hybridized carbons (Fsp3) is 0.0769. The molecule has 2 aromatic rings. The Kier molecular flexibility index (Phi) is 3.45. The first-order valence-corrected chi connectivity index (χ1v) is 5.05. The summed E-state index contributed by atoms with van der Waals surface area (Å²) in [6.07, 6.45) is 3.89. The van der Waals surface area contributed by atoms with Gasteiger partial charge in [0, 0.05) is 24.0 Å². The summed E-state index contributed by atoms with van der Waals surface area (Å²) < 4.78 is 18.5. The van der Waals surface area contributed by atoms with Crippen LogP contribution in [0, 0.1) is 5.82 Å². The lowest BCUT2D eigenvalue weighted by Gasteiger charge is -2.06. The summed E-state index contributed by atoms with van der Waals surface area (Å²) in [5, 5.41) is 0. The second-order valence-corrected chi connectivity index (χ2v) is 3.48. The predicted molar refractivity (Wildman–Crippen MR) is 60.4 cm³/mol. The van der Waals surface area contributed by atoms with Crippen molar-refractivity contribution in [1.82, 2.24) is 4.98 Å². The summed E-state index contributed by atoms with van der Waals surface area (Å²) in [6.45, 7) is 0.310. The van der Waals surface area contributed by atoms with Crippen LogP contribution in [0.25, 0.3) is 0 Å². The monoisotopic (exact) mass is 231 g/mol. The van der Waals surface area contributed by atoms with Crippen molar-refractivity contribution >= 4 is 6.29 Å². The van der Waals surface area contributed by atoms with E-state index in [4.69, 9.17) is 4.74 Å². The average molecular weight is 231 g/mol. The number of rotatable bonds is 4. The maximum Gasteiger partial charge on any atom is 0.150 e. The van der Waals surface area contributed by atoms with Gasteiger partial charge in [-0.15, -0.1) is 0 Å². The highest BCUT2D eigenvalue weighted by atomic mass is 19.1. The number of carbonyl (C=O) groups is 1. The predicted octanol–water partition coefficient (Wildman–Crippen LogP) is 2.61. The van der Waals surface area contributed by atoms with E-state index in [0.717, 1.165) is 11.6 Å². The number of aldehydes is 1. The normalized spacial score (nSPS) is 9.94. The number of hydrogen-bond donors (Lipinski definition) is 0. The third-order valence-electron chi connectivity index (χ3n) is 2.18. The Morgan fingerprint density at radius 1 is 1.24 bits per heavy atom. The molecule has 2 rings (SSSR count). The van der Waals surface area contributed by atoms with Gasteiger partial charge in [-0.2, -0.15) is 0 Å². The Balaban J connectivity index is 2.09. The molecule has 0 atom stereocenters. The molecule has 1 heterocycles. The van der Waals surface area contributed by atoms with Crippen LogP contribution in [0.4, 0.5) is 4.39 Å². The molecule has 0 radical (unpaired) electrons. The molecule has 4 heteroatoms. The lowest BCUT2D eigenvalue weighted by molar-refractivity contribution is 0.112. The third kappa shape index (κ3) is 3.11. The average Bonchev–Trinajstić information content (AvgIpc) is 2.37. The number of nitrogens with zero attached hydrogens (tertiary/aromatic N) is 1. The highest BCUT2D eigenvalue weighted by Gasteiger charge is 2.01. The van der Waals surface area contributed by atoms with E-state index in [1.54, 1.807) is 24.5 Å². The van der Waals surface area contributed by atoms with Crippen molar-refractivity contribution in [3.63, 3.8) is 0 Å². The van der Waals surface area contributed by atoms with Crippen LogP contribution < -0.4 is 4.74 Å². The van der Waals surface area contributed by atoms with Crippen LogP contribution in [-0.4, -0.2) is 11.3 Å². The number of benzene rings is 1. The van der Waals surface area contributed by atoms with E-state index in [1.165, 1.54) is 12.1 Å². The number of pyridine rings is 1. The maximum absolute atomic E-state index is 13.1. The van der Waals surface area contributed by atoms with Crippen LogP contribution >= 0.6 is 0 Å². The second-order valence-electron chi connectivity index (χ2n) is 3.48. The van der Waals surface area contributed by atoms with Crippen LogP contribution in [-0.2, 0) is 6.61 Å². The summed E-state index contributed by atoms with van der Waals surface area (Å²) in [4.78, 5) is 14.4. The third-order valence-corrected chi connectivity index (χ3v) is 2.18. The zero-order valence-corrected chi connectivity index (χ0v) is 8.97. The molecule has 0 bridgehead atoms. The Bertz CT molecular complexity index is 514. The zero-order valence-electron chi connectivity index (χ0n) is 8.97. The summed E-state index contributed by atoms with van der Waals surface area (Å²) in [5.41, 5.74) is 1.19. The van der Waals surface area contributed by atoms with Crippen molar-refractivity contribution in [2.45, 2.75) is 6.61 Å². The first-order valence-electron chi connectivity index (χ1n) is 5.05. The fourth-order valence-electron chi connectivity index (χ4n) is 1.38. The minimum absolute atomic E-state index is 0.259. The molecular formula is C13H10FNO2. The van der Waals surface area contributed by atoms with Gasteiger partial charge in [0.25, 0.3) is 0 Å². The number of aromatic nitrogens is 1. The van der Waals surface area contributed by atoms with Crippen LogP contribution in [0.1, 0.15) is 15.9 Å². The SMILES string of the molecule is O=Cc1cc(F)cc(OCc2ccncc2)c1. The molecule has 3 nitrogen and oxygen atoms in total. The Hall–Kier alpha value is -2.23. The molecule has 0 spiro atoms. The molecule has 0 aliphatic heterocycles. The van der Waals surface area contributed by atoms with Gasteiger partial charge < -0.3 is 4.74 Å². The van der Waals surface area contributed by atoms with Gasteiger partial charge in [0.1, 0.15) is 24.5 Å². The molecule has 0 unspecified atom stereocenters. The Morgan fingerprint density at radius 2 is 2.00 bits per heavy atom. The Morgan fingerprint density at radius 3 is 2.71 bits per heavy atom. The topological polar surface area (TPSA) is 39.2 Å². The van der Waals surface area contributed by atoms with Gasteiger partial charge in [-0.25, -0.2) is 4.39 Å². The number of carbonyl (C=O) groups excluding carboxylic acids is 1. The second kappa shape index (κ2) is 5.21. The van der Waals surface area contributed by atoms with Crippen molar-refractivity contribution in [1.29, 1.82) is 0 Å². The van der Waals surface area contributed by atoms with Gasteiger partial charge >= 0.3 is 0 Å². The Labute approximate surface area is 97.9 Å². The molecule has 0 N–H and O–H groups in total. The highest BCUT2D eigenvalue weighted by Crippen LogP contribution is 2.16. The van der Waals surface area contributed by atoms with E-state index >= 15 is 0 Å². The molecule has 1 aromatic carbocycles. The van der Waals surface area contributed by atoms with Crippen molar-refractivity contribution < 1.29 is 13.9 Å². The minimum Gasteiger partial charge on any atom is -0.489 e. The number of hydrogen-bond acceptors (Lipinski definition) is 3. The molecule has 17 heavy (non-hydrogen) atoms. The van der Waals surface area contributed by atoms with Crippen molar-refractivity contribution in [3.8, 4) is 5.75 Å². The summed E-state index contributed by atoms with van der Waals surface area (Å²) in [6, 6.07) is 7.51. The van der Waals surface area contributed by atoms with E-state index in [-0.39, 0.29) is 5.56 Å². The first kappa shape index (κ1) is 11.3. The fourth-order valence-corrected chi connectivity index (χ4v) is 1.38. The van der Waals surface area contributed by atoms with Gasteiger partial charge in [0.05, 0.1) is 0 Å². The van der Waals surface area contributed by atoms with Crippen molar-refractivity contribution in [2.24, 2.45) is 0 Å². The lowest BCUT2D eigenvalue weighted by Crippen LogP contribution is -1.96. The van der Waals surface area contributed by atoms with E-state index in [0.29, 0.717) is 18.6 Å². The van der Waals surface area contributed by atoms with E-state index in [1.807, 2.05) is 0 Å². The molecular weight excluding hydrogens is 221 g/mol. The molecule has 86 valence electrons. The maximum atomic E-state index is 13.1. The van der Waals surface area contributed by atoms with Crippen molar-refractivity contribution in [2.75, 3.05) is 0 Å². The van der Waals surface area contributed by atoms with Crippen LogP contribution in [0.5, 0.6) is 5.75 Å². The van der Waals surface area contributed by atoms with E-state index < -0.39 is 5.82 Å². The van der Waals surface area contributed by atoms with Gasteiger partial charge in [-0.3, -0.25) is 9.78 Å². The molecule has 0 aliphatic carbocycles. The molecule has 0 aliphatic rings. The van der Waals surface area contributed by atoms with E-state index in [2.05, 4.69) is 4.98 Å². The lowest BCUT2D eigenvalue weighted by atomic mass is 10.2. The summed E-state index contributed by atoms with van der Waals surface area (Å²) in [7, 11) is 0. The smallest absolute Gasteiger partial charge is 0.150 e. The highest BCUT2D eigenvalue weighted by molar-refractivity contribution is 5.75. The molecule has 1 aromatic heterocycles. The van der Waals surface area contributed by atoms with Gasteiger partial charge in [-0.05, 0) is 29.8 Å². The molecule has 0 saturated heterocycles. The molecule has 0 saturated carbocycles. The summed E-state index contributed by atoms with van der Waals surface area (Å²) >= 11 is 0. The zero-order chi connectivity index (χ0) is 12.1. The summed E-state index contributed by atoms with van der Waals surface area (Å²) in [5.74, 6) is -0.150. The minimum atomic E-state index is -0.487. The largest absolute Gasteiger partial charge is 0.489 e. The van der Waals surface area contributed by atoms with Crippen molar-refractivity contribution in [3.05, 3.63) is 59.7 Å². The molecule has 0 fully saturated rings. The van der Waals surface area contributed by atoms with Gasteiger partial charge in [0.2, 0.25) is 0 Å².